The van der Waals surface area contributed by atoms with Crippen molar-refractivity contribution >= 4 is 28.8 Å². The Morgan fingerprint density at radius 2 is 1.84 bits per heavy atom. The van der Waals surface area contributed by atoms with Gasteiger partial charge in [0, 0.05) is 43.2 Å². The van der Waals surface area contributed by atoms with Crippen molar-refractivity contribution in [2.24, 2.45) is 0 Å². The number of ether oxygens (including phenoxy) is 1. The maximum Gasteiger partial charge on any atom is 0.289 e. The van der Waals surface area contributed by atoms with E-state index in [4.69, 9.17) is 9.15 Å². The van der Waals surface area contributed by atoms with Crippen LogP contribution in [0.3, 0.4) is 0 Å². The Morgan fingerprint density at radius 3 is 2.56 bits per heavy atom. The number of nitrogens with zero attached hydrogens (tertiary/aromatic N) is 3. The molecule has 166 valence electrons. The smallest absolute Gasteiger partial charge is 0.289 e. The van der Waals surface area contributed by atoms with Gasteiger partial charge in [0.2, 0.25) is 11.8 Å². The molecule has 3 heterocycles. The highest BCUT2D eigenvalue weighted by Crippen LogP contribution is 2.24. The van der Waals surface area contributed by atoms with Gasteiger partial charge in [-0.25, -0.2) is 4.98 Å². The van der Waals surface area contributed by atoms with Gasteiger partial charge in [-0.3, -0.25) is 9.59 Å². The van der Waals surface area contributed by atoms with Crippen molar-refractivity contribution in [3.05, 3.63) is 65.6 Å². The van der Waals surface area contributed by atoms with Gasteiger partial charge in [0.05, 0.1) is 12.1 Å². The zero-order valence-electron chi connectivity index (χ0n) is 18.4. The Hall–Kier alpha value is -3.61. The van der Waals surface area contributed by atoms with Crippen LogP contribution >= 0.6 is 0 Å². The standard InChI is InChI=1S/C25H27N3O4/c1-3-16-31-24-20(17-19-6-4-5-7-21(19)26-24)9-11-23(29)27-12-14-28(15-13-27)25(30)22-10-8-18(2)32-22/h4-11,17H,3,12-16H2,1-2H3/b11-9+. The maximum absolute atomic E-state index is 12.8. The Kier molecular flexibility index (Phi) is 6.54. The van der Waals surface area contributed by atoms with Crippen LogP contribution in [-0.2, 0) is 4.79 Å². The zero-order chi connectivity index (χ0) is 22.5. The highest BCUT2D eigenvalue weighted by molar-refractivity contribution is 5.94. The van der Waals surface area contributed by atoms with Crippen molar-refractivity contribution < 1.29 is 18.7 Å². The number of hydrogen-bond donors (Lipinski definition) is 0. The topological polar surface area (TPSA) is 75.9 Å². The van der Waals surface area contributed by atoms with Gasteiger partial charge >= 0.3 is 0 Å². The minimum absolute atomic E-state index is 0.0967. The third kappa shape index (κ3) is 4.82. The van der Waals surface area contributed by atoms with Gasteiger partial charge < -0.3 is 19.0 Å². The Morgan fingerprint density at radius 1 is 1.09 bits per heavy atom. The highest BCUT2D eigenvalue weighted by Gasteiger charge is 2.25. The van der Waals surface area contributed by atoms with Crippen LogP contribution in [0.2, 0.25) is 0 Å². The fraction of sp³-hybridized carbons (Fsp3) is 0.320. The summed E-state index contributed by atoms with van der Waals surface area (Å²) in [6.07, 6.45) is 4.19. The van der Waals surface area contributed by atoms with Crippen LogP contribution in [0, 0.1) is 6.92 Å². The van der Waals surface area contributed by atoms with Gasteiger partial charge in [-0.2, -0.15) is 0 Å². The second kappa shape index (κ2) is 9.68. The number of hydrogen-bond acceptors (Lipinski definition) is 5. The molecule has 0 bridgehead atoms. The first-order valence-electron chi connectivity index (χ1n) is 10.9. The number of rotatable bonds is 6. The number of piperazine rings is 1. The summed E-state index contributed by atoms with van der Waals surface area (Å²) in [5.74, 6) is 1.34. The quantitative estimate of drug-likeness (QED) is 0.551. The fourth-order valence-electron chi connectivity index (χ4n) is 3.65. The summed E-state index contributed by atoms with van der Waals surface area (Å²) in [6.45, 7) is 6.31. The molecule has 0 spiro atoms. The Bertz CT molecular complexity index is 1140. The normalized spacial score (nSPS) is 14.3. The number of aryl methyl sites for hydroxylation is 1. The SMILES string of the molecule is CCCOc1nc2ccccc2cc1/C=C/C(=O)N1CCN(C(=O)c2ccc(C)o2)CC1. The van der Waals surface area contributed by atoms with E-state index in [1.165, 1.54) is 0 Å². The molecule has 1 saturated heterocycles. The molecule has 2 amide bonds. The average molecular weight is 434 g/mol. The third-order valence-electron chi connectivity index (χ3n) is 5.39. The minimum Gasteiger partial charge on any atom is -0.477 e. The van der Waals surface area contributed by atoms with Gasteiger partial charge in [-0.05, 0) is 43.7 Å². The lowest BCUT2D eigenvalue weighted by Crippen LogP contribution is -2.50. The van der Waals surface area contributed by atoms with E-state index in [2.05, 4.69) is 4.98 Å². The number of aromatic nitrogens is 1. The first-order chi connectivity index (χ1) is 15.5. The van der Waals surface area contributed by atoms with Gasteiger partial charge in [0.15, 0.2) is 5.76 Å². The van der Waals surface area contributed by atoms with E-state index in [-0.39, 0.29) is 11.8 Å². The molecular formula is C25H27N3O4. The molecule has 0 unspecified atom stereocenters. The third-order valence-corrected chi connectivity index (χ3v) is 5.39. The number of benzene rings is 1. The lowest BCUT2D eigenvalue weighted by molar-refractivity contribution is -0.127. The van der Waals surface area contributed by atoms with E-state index in [0.29, 0.717) is 50.2 Å². The summed E-state index contributed by atoms with van der Waals surface area (Å²) in [6, 6.07) is 13.3. The van der Waals surface area contributed by atoms with E-state index < -0.39 is 0 Å². The minimum atomic E-state index is -0.138. The number of pyridine rings is 1. The number of fused-ring (bicyclic) bond motifs is 1. The molecule has 3 aromatic rings. The van der Waals surface area contributed by atoms with Crippen LogP contribution < -0.4 is 4.74 Å². The molecular weight excluding hydrogens is 406 g/mol. The van der Waals surface area contributed by atoms with Crippen molar-refractivity contribution in [2.75, 3.05) is 32.8 Å². The van der Waals surface area contributed by atoms with Crippen molar-refractivity contribution in [1.29, 1.82) is 0 Å². The van der Waals surface area contributed by atoms with E-state index >= 15 is 0 Å². The monoisotopic (exact) mass is 433 g/mol. The Balaban J connectivity index is 1.42. The summed E-state index contributed by atoms with van der Waals surface area (Å²) in [4.78, 5) is 33.4. The van der Waals surface area contributed by atoms with Crippen LogP contribution in [0.15, 0.2) is 53.0 Å². The van der Waals surface area contributed by atoms with Crippen LogP contribution in [-0.4, -0.2) is 59.4 Å². The molecule has 0 atom stereocenters. The molecule has 1 fully saturated rings. The van der Waals surface area contributed by atoms with Crippen LogP contribution in [0.25, 0.3) is 17.0 Å². The first-order valence-corrected chi connectivity index (χ1v) is 10.9. The largest absolute Gasteiger partial charge is 0.477 e. The van der Waals surface area contributed by atoms with Gasteiger partial charge in [0.1, 0.15) is 5.76 Å². The molecule has 1 aliphatic heterocycles. The predicted molar refractivity (Wildman–Crippen MR) is 122 cm³/mol. The fourth-order valence-corrected chi connectivity index (χ4v) is 3.65. The molecule has 32 heavy (non-hydrogen) atoms. The van der Waals surface area contributed by atoms with Crippen molar-refractivity contribution in [3.8, 4) is 5.88 Å². The molecule has 1 aromatic carbocycles. The second-order valence-corrected chi connectivity index (χ2v) is 7.79. The summed E-state index contributed by atoms with van der Waals surface area (Å²) >= 11 is 0. The number of carbonyl (C=O) groups is 2. The molecule has 0 radical (unpaired) electrons. The Labute approximate surface area is 187 Å². The van der Waals surface area contributed by atoms with Crippen LogP contribution in [0.1, 0.15) is 35.2 Å². The first kappa shape index (κ1) is 21.6. The van der Waals surface area contributed by atoms with E-state index in [9.17, 15) is 9.59 Å². The molecule has 7 nitrogen and oxygen atoms in total. The van der Waals surface area contributed by atoms with Crippen LogP contribution in [0.4, 0.5) is 0 Å². The molecule has 2 aromatic heterocycles. The number of amides is 2. The number of furan rings is 1. The average Bonchev–Trinajstić information content (AvgIpc) is 3.26. The number of para-hydroxylation sites is 1. The van der Waals surface area contributed by atoms with Gasteiger partial charge in [-0.1, -0.05) is 25.1 Å². The lowest BCUT2D eigenvalue weighted by Gasteiger charge is -2.33. The summed E-state index contributed by atoms with van der Waals surface area (Å²) < 4.78 is 11.2. The molecule has 0 N–H and O–H groups in total. The lowest BCUT2D eigenvalue weighted by atomic mass is 10.1. The van der Waals surface area contributed by atoms with E-state index in [1.807, 2.05) is 44.2 Å². The maximum atomic E-state index is 12.8. The van der Waals surface area contributed by atoms with Gasteiger partial charge in [-0.15, -0.1) is 0 Å². The summed E-state index contributed by atoms with van der Waals surface area (Å²) in [7, 11) is 0. The predicted octanol–water partition coefficient (Wildman–Crippen LogP) is 3.92. The molecule has 4 rings (SSSR count). The molecule has 0 saturated carbocycles. The molecule has 7 heteroatoms. The molecule has 1 aliphatic rings. The van der Waals surface area contributed by atoms with E-state index in [0.717, 1.165) is 22.9 Å². The summed E-state index contributed by atoms with van der Waals surface area (Å²) in [5.41, 5.74) is 1.63. The zero-order valence-corrected chi connectivity index (χ0v) is 18.4. The summed E-state index contributed by atoms with van der Waals surface area (Å²) in [5, 5.41) is 0.990. The second-order valence-electron chi connectivity index (χ2n) is 7.79. The van der Waals surface area contributed by atoms with E-state index in [1.54, 1.807) is 34.1 Å². The van der Waals surface area contributed by atoms with Crippen molar-refractivity contribution in [3.63, 3.8) is 0 Å². The molecule has 0 aliphatic carbocycles. The van der Waals surface area contributed by atoms with Crippen molar-refractivity contribution in [1.82, 2.24) is 14.8 Å². The van der Waals surface area contributed by atoms with Gasteiger partial charge in [0.25, 0.3) is 5.91 Å². The number of carbonyl (C=O) groups excluding carboxylic acids is 2. The highest BCUT2D eigenvalue weighted by atomic mass is 16.5. The van der Waals surface area contributed by atoms with Crippen LogP contribution in [0.5, 0.6) is 5.88 Å². The van der Waals surface area contributed by atoms with Crippen molar-refractivity contribution in [2.45, 2.75) is 20.3 Å².